The number of aromatic hydroxyl groups is 1. The molecule has 0 saturated carbocycles. The molecule has 1 fully saturated rings. The number of benzene rings is 3. The smallest absolute Gasteiger partial charge is 0.123 e. The summed E-state index contributed by atoms with van der Waals surface area (Å²) < 4.78 is 14.9. The van der Waals surface area contributed by atoms with Crippen LogP contribution in [0.15, 0.2) is 79.4 Å². The Labute approximate surface area is 233 Å². The minimum absolute atomic E-state index is 0.288. The Kier molecular flexibility index (Phi) is 7.52. The van der Waals surface area contributed by atoms with Gasteiger partial charge in [-0.2, -0.15) is 0 Å². The number of hydrogen-bond donors (Lipinski definition) is 1. The number of thiophene rings is 1. The van der Waals surface area contributed by atoms with E-state index in [0.717, 1.165) is 54.4 Å². The van der Waals surface area contributed by atoms with E-state index < -0.39 is 0 Å². The first-order chi connectivity index (χ1) is 19.2. The molecular weight excluding hydrogens is 506 g/mol. The van der Waals surface area contributed by atoms with E-state index in [1.54, 1.807) is 37.0 Å². The van der Waals surface area contributed by atoms with Gasteiger partial charge in [0.2, 0.25) is 0 Å². The Balaban J connectivity index is 1.26. The third-order valence-electron chi connectivity index (χ3n) is 7.40. The molecule has 1 aliphatic heterocycles. The molecule has 200 valence electrons. The second-order valence-corrected chi connectivity index (χ2v) is 11.1. The third-order valence-corrected chi connectivity index (χ3v) is 8.64. The van der Waals surface area contributed by atoms with E-state index in [1.165, 1.54) is 39.8 Å². The first kappa shape index (κ1) is 25.5. The molecular formula is C32H33N3O3S. The predicted octanol–water partition coefficient (Wildman–Crippen LogP) is 6.74. The normalized spacial score (nSPS) is 13.8. The van der Waals surface area contributed by atoms with E-state index in [2.05, 4.69) is 40.2 Å². The fourth-order valence-electron chi connectivity index (χ4n) is 5.35. The summed E-state index contributed by atoms with van der Waals surface area (Å²) in [5.74, 6) is 2.09. The Morgan fingerprint density at radius 2 is 1.85 bits per heavy atom. The molecule has 2 aromatic heterocycles. The van der Waals surface area contributed by atoms with Crippen molar-refractivity contribution in [3.8, 4) is 27.7 Å². The first-order valence-electron chi connectivity index (χ1n) is 13.5. The van der Waals surface area contributed by atoms with Gasteiger partial charge in [0.05, 0.1) is 20.0 Å². The fraction of sp³-hybridized carbons (Fsp3) is 0.281. The maximum atomic E-state index is 10.2. The standard InChI is InChI=1S/C32H33N3O3S/c1-37-30-19-23(4-5-25(30)21-34-13-2-3-14-34)18-29-28-11-8-26(36)20-31(28)39-32(29)24-6-9-27(10-7-24)38-17-16-35-15-12-33-22-35/h4-12,15,19-20,22,36H,2-3,13-14,16-18,21H2,1H3. The number of methoxy groups -OCH3 is 1. The SMILES string of the molecule is COc1cc(Cc2c(-c3ccc(OCCn4ccnc4)cc3)sc3cc(O)ccc23)ccc1CN1CCCC1. The summed E-state index contributed by atoms with van der Waals surface area (Å²) >= 11 is 1.72. The molecule has 6 rings (SSSR count). The highest BCUT2D eigenvalue weighted by atomic mass is 32.1. The summed E-state index contributed by atoms with van der Waals surface area (Å²) in [7, 11) is 1.76. The largest absolute Gasteiger partial charge is 0.508 e. The molecule has 1 N–H and O–H groups in total. The molecule has 39 heavy (non-hydrogen) atoms. The average molecular weight is 540 g/mol. The number of rotatable bonds is 10. The number of imidazole rings is 1. The summed E-state index contributed by atoms with van der Waals surface area (Å²) in [5, 5.41) is 11.3. The summed E-state index contributed by atoms with van der Waals surface area (Å²) in [6, 6.07) is 20.6. The van der Waals surface area contributed by atoms with Crippen LogP contribution in [0.4, 0.5) is 0 Å². The van der Waals surface area contributed by atoms with Crippen LogP contribution in [0.5, 0.6) is 17.2 Å². The van der Waals surface area contributed by atoms with Gasteiger partial charge in [-0.1, -0.05) is 12.1 Å². The Hall–Kier alpha value is -3.81. The molecule has 3 heterocycles. The molecule has 0 spiro atoms. The van der Waals surface area contributed by atoms with Crippen LogP contribution >= 0.6 is 11.3 Å². The number of nitrogens with zero attached hydrogens (tertiary/aromatic N) is 3. The molecule has 6 nitrogen and oxygen atoms in total. The molecule has 0 radical (unpaired) electrons. The van der Waals surface area contributed by atoms with Gasteiger partial charge in [0, 0.05) is 34.1 Å². The summed E-state index contributed by atoms with van der Waals surface area (Å²) in [4.78, 5) is 7.78. The van der Waals surface area contributed by atoms with Crippen LogP contribution in [0.2, 0.25) is 0 Å². The number of fused-ring (bicyclic) bond motifs is 1. The predicted molar refractivity (Wildman–Crippen MR) is 157 cm³/mol. The molecule has 0 atom stereocenters. The van der Waals surface area contributed by atoms with Crippen LogP contribution in [0.25, 0.3) is 20.5 Å². The lowest BCUT2D eigenvalue weighted by Crippen LogP contribution is -2.18. The summed E-state index contributed by atoms with van der Waals surface area (Å²) in [6.45, 7) is 4.60. The van der Waals surface area contributed by atoms with Crippen LogP contribution in [0.1, 0.15) is 29.5 Å². The lowest BCUT2D eigenvalue weighted by Gasteiger charge is -2.18. The van der Waals surface area contributed by atoms with Crippen molar-refractivity contribution in [2.45, 2.75) is 32.4 Å². The van der Waals surface area contributed by atoms with E-state index in [9.17, 15) is 5.11 Å². The van der Waals surface area contributed by atoms with Gasteiger partial charge in [-0.05, 0) is 103 Å². The topological polar surface area (TPSA) is 59.8 Å². The molecule has 1 aliphatic rings. The van der Waals surface area contributed by atoms with Crippen molar-refractivity contribution in [1.29, 1.82) is 0 Å². The monoisotopic (exact) mass is 539 g/mol. The minimum Gasteiger partial charge on any atom is -0.508 e. The molecule has 0 unspecified atom stereocenters. The minimum atomic E-state index is 0.288. The van der Waals surface area contributed by atoms with E-state index in [-0.39, 0.29) is 5.75 Å². The maximum absolute atomic E-state index is 10.2. The van der Waals surface area contributed by atoms with E-state index in [4.69, 9.17) is 9.47 Å². The van der Waals surface area contributed by atoms with Gasteiger partial charge >= 0.3 is 0 Å². The van der Waals surface area contributed by atoms with Crippen molar-refractivity contribution < 1.29 is 14.6 Å². The van der Waals surface area contributed by atoms with Crippen molar-refractivity contribution in [2.24, 2.45) is 0 Å². The van der Waals surface area contributed by atoms with Gasteiger partial charge in [-0.3, -0.25) is 4.90 Å². The Morgan fingerprint density at radius 1 is 1.00 bits per heavy atom. The highest BCUT2D eigenvalue weighted by Crippen LogP contribution is 2.42. The number of phenolic OH excluding ortho intramolecular Hbond substituents is 1. The van der Waals surface area contributed by atoms with Crippen LogP contribution in [-0.2, 0) is 19.5 Å². The number of ether oxygens (including phenoxy) is 2. The second-order valence-electron chi connectivity index (χ2n) is 10.1. The fourth-order valence-corrected chi connectivity index (χ4v) is 6.61. The van der Waals surface area contributed by atoms with Crippen molar-refractivity contribution in [1.82, 2.24) is 14.5 Å². The van der Waals surface area contributed by atoms with Gasteiger partial charge in [0.15, 0.2) is 0 Å². The summed E-state index contributed by atoms with van der Waals surface area (Å²) in [6.07, 6.45) is 8.85. The molecule has 0 bridgehead atoms. The zero-order chi connectivity index (χ0) is 26.6. The van der Waals surface area contributed by atoms with Gasteiger partial charge < -0.3 is 19.1 Å². The van der Waals surface area contributed by atoms with Crippen molar-refractivity contribution in [2.75, 3.05) is 26.8 Å². The highest BCUT2D eigenvalue weighted by molar-refractivity contribution is 7.22. The molecule has 7 heteroatoms. The van der Waals surface area contributed by atoms with E-state index in [0.29, 0.717) is 6.61 Å². The lowest BCUT2D eigenvalue weighted by atomic mass is 9.97. The highest BCUT2D eigenvalue weighted by Gasteiger charge is 2.18. The van der Waals surface area contributed by atoms with Gasteiger partial charge in [-0.25, -0.2) is 4.98 Å². The lowest BCUT2D eigenvalue weighted by molar-refractivity contribution is 0.298. The zero-order valence-corrected chi connectivity index (χ0v) is 23.0. The molecule has 0 aliphatic carbocycles. The Bertz CT molecular complexity index is 1540. The van der Waals surface area contributed by atoms with Crippen molar-refractivity contribution in [3.05, 3.63) is 96.1 Å². The van der Waals surface area contributed by atoms with Gasteiger partial charge in [0.1, 0.15) is 23.9 Å². The maximum Gasteiger partial charge on any atom is 0.123 e. The van der Waals surface area contributed by atoms with Crippen LogP contribution in [0.3, 0.4) is 0 Å². The van der Waals surface area contributed by atoms with Crippen LogP contribution in [-0.4, -0.2) is 46.4 Å². The number of aromatic nitrogens is 2. The molecule has 3 aromatic carbocycles. The number of phenols is 1. The molecule has 1 saturated heterocycles. The summed E-state index contributed by atoms with van der Waals surface area (Å²) in [5.41, 5.74) is 4.86. The first-order valence-corrected chi connectivity index (χ1v) is 14.3. The average Bonchev–Trinajstić information content (AvgIpc) is 3.72. The number of hydrogen-bond acceptors (Lipinski definition) is 6. The van der Waals surface area contributed by atoms with Crippen molar-refractivity contribution >= 4 is 21.4 Å². The number of likely N-dealkylation sites (tertiary alicyclic amines) is 1. The van der Waals surface area contributed by atoms with Crippen molar-refractivity contribution in [3.63, 3.8) is 0 Å². The van der Waals surface area contributed by atoms with Crippen LogP contribution in [0, 0.1) is 0 Å². The Morgan fingerprint density at radius 3 is 2.62 bits per heavy atom. The molecule has 0 amide bonds. The second kappa shape index (κ2) is 11.5. The van der Waals surface area contributed by atoms with Gasteiger partial charge in [-0.15, -0.1) is 11.3 Å². The quantitative estimate of drug-likeness (QED) is 0.213. The van der Waals surface area contributed by atoms with E-state index in [1.807, 2.05) is 35.0 Å². The third kappa shape index (κ3) is 5.79. The zero-order valence-electron chi connectivity index (χ0n) is 22.2. The van der Waals surface area contributed by atoms with E-state index >= 15 is 0 Å². The molecule has 5 aromatic rings. The van der Waals surface area contributed by atoms with Gasteiger partial charge in [0.25, 0.3) is 0 Å². The van der Waals surface area contributed by atoms with Crippen LogP contribution < -0.4 is 9.47 Å².